The second kappa shape index (κ2) is 7.38. The van der Waals surface area contributed by atoms with Crippen molar-refractivity contribution in [1.82, 2.24) is 14.2 Å². The van der Waals surface area contributed by atoms with E-state index in [0.29, 0.717) is 36.0 Å². The van der Waals surface area contributed by atoms with Crippen molar-refractivity contribution >= 4 is 15.9 Å². The fourth-order valence-corrected chi connectivity index (χ4v) is 5.41. The minimum atomic E-state index is -3.90. The first-order chi connectivity index (χ1) is 13.8. The lowest BCUT2D eigenvalue weighted by Crippen LogP contribution is -2.31. The second-order valence-corrected chi connectivity index (χ2v) is 9.15. The smallest absolute Gasteiger partial charge is 0.257 e. The molecule has 29 heavy (non-hydrogen) atoms. The van der Waals surface area contributed by atoms with Crippen LogP contribution in [0.3, 0.4) is 0 Å². The summed E-state index contributed by atoms with van der Waals surface area (Å²) in [4.78, 5) is 14.9. The van der Waals surface area contributed by atoms with Crippen molar-refractivity contribution in [2.75, 3.05) is 19.9 Å². The zero-order valence-electron chi connectivity index (χ0n) is 16.8. The number of nitrogens with one attached hydrogen (secondary N) is 1. The number of hydrogen-bond acceptors (Lipinski definition) is 5. The van der Waals surface area contributed by atoms with Crippen LogP contribution < -0.4 is 14.2 Å². The zero-order valence-corrected chi connectivity index (χ0v) is 17.6. The third kappa shape index (κ3) is 3.49. The third-order valence-electron chi connectivity index (χ3n) is 5.70. The maximum Gasteiger partial charge on any atom is 0.257 e. The molecular weight excluding hydrogens is 394 g/mol. The van der Waals surface area contributed by atoms with E-state index in [9.17, 15) is 13.2 Å². The van der Waals surface area contributed by atoms with Gasteiger partial charge in [-0.15, -0.1) is 0 Å². The van der Waals surface area contributed by atoms with Crippen LogP contribution in [0.25, 0.3) is 0 Å². The number of fused-ring (bicyclic) bond motifs is 1. The Morgan fingerprint density at radius 3 is 2.52 bits per heavy atom. The van der Waals surface area contributed by atoms with Crippen LogP contribution in [0, 0.1) is 13.8 Å². The Hall–Kier alpha value is -2.52. The van der Waals surface area contributed by atoms with Gasteiger partial charge in [-0.1, -0.05) is 6.07 Å². The highest BCUT2D eigenvalue weighted by Gasteiger charge is 2.33. The van der Waals surface area contributed by atoms with Crippen LogP contribution in [0.4, 0.5) is 0 Å². The van der Waals surface area contributed by atoms with Gasteiger partial charge in [0.25, 0.3) is 5.91 Å². The number of ether oxygens (including phenoxy) is 2. The van der Waals surface area contributed by atoms with E-state index >= 15 is 0 Å². The van der Waals surface area contributed by atoms with Gasteiger partial charge in [-0.2, -0.15) is 0 Å². The molecule has 0 radical (unpaired) electrons. The first kappa shape index (κ1) is 19.8. The van der Waals surface area contributed by atoms with Gasteiger partial charge in [-0.05, 0) is 44.4 Å². The lowest BCUT2D eigenvalue weighted by atomic mass is 10.2. The van der Waals surface area contributed by atoms with E-state index in [-0.39, 0.29) is 29.7 Å². The Balaban J connectivity index is 1.64. The molecule has 1 fully saturated rings. The van der Waals surface area contributed by atoms with E-state index < -0.39 is 10.0 Å². The normalized spacial score (nSPS) is 15.9. The average Bonchev–Trinajstić information content (AvgIpc) is 3.43. The van der Waals surface area contributed by atoms with Crippen LogP contribution >= 0.6 is 0 Å². The van der Waals surface area contributed by atoms with Gasteiger partial charge in [0, 0.05) is 38.1 Å². The number of likely N-dealkylation sites (tertiary alicyclic amines) is 1. The van der Waals surface area contributed by atoms with Gasteiger partial charge >= 0.3 is 0 Å². The molecule has 1 aromatic carbocycles. The van der Waals surface area contributed by atoms with Crippen LogP contribution in [0.15, 0.2) is 23.1 Å². The number of benzene rings is 1. The van der Waals surface area contributed by atoms with E-state index in [2.05, 4.69) is 4.72 Å². The molecule has 0 unspecified atom stereocenters. The Kier molecular flexibility index (Phi) is 5.04. The molecule has 1 saturated heterocycles. The first-order valence-corrected chi connectivity index (χ1v) is 11.1. The summed E-state index contributed by atoms with van der Waals surface area (Å²) in [6, 6.07) is 5.30. The highest BCUT2D eigenvalue weighted by molar-refractivity contribution is 7.89. The Morgan fingerprint density at radius 1 is 1.10 bits per heavy atom. The number of amides is 1. The predicted octanol–water partition coefficient (Wildman–Crippen LogP) is 2.09. The molecule has 1 amide bonds. The van der Waals surface area contributed by atoms with Crippen LogP contribution in [0.2, 0.25) is 0 Å². The Morgan fingerprint density at radius 2 is 1.79 bits per heavy atom. The minimum Gasteiger partial charge on any atom is -0.454 e. The van der Waals surface area contributed by atoms with E-state index in [1.54, 1.807) is 48.6 Å². The van der Waals surface area contributed by atoms with Crippen LogP contribution in [0.1, 0.15) is 40.2 Å². The SMILES string of the molecule is Cc1c(C(=O)N2CCCC2)c(S(=O)(=O)NCc2ccc3c(c2)OCO3)c(C)n1C. The fourth-order valence-electron chi connectivity index (χ4n) is 3.88. The number of carbonyl (C=O) groups excluding carboxylic acids is 1. The standard InChI is InChI=1S/C20H25N3O5S/c1-13-18(20(24)23-8-4-5-9-23)19(14(2)22(13)3)29(25,26)21-11-15-6-7-16-17(10-15)28-12-27-16/h6-7,10,21H,4-5,8-9,11-12H2,1-3H3. The molecule has 0 bridgehead atoms. The van der Waals surface area contributed by atoms with E-state index in [0.717, 1.165) is 18.4 Å². The van der Waals surface area contributed by atoms with Gasteiger partial charge in [-0.25, -0.2) is 13.1 Å². The first-order valence-electron chi connectivity index (χ1n) is 9.63. The topological polar surface area (TPSA) is 89.9 Å². The molecular formula is C20H25N3O5S. The molecule has 1 aromatic heterocycles. The predicted molar refractivity (Wildman–Crippen MR) is 107 cm³/mol. The van der Waals surface area contributed by atoms with Crippen molar-refractivity contribution in [3.63, 3.8) is 0 Å². The average molecular weight is 420 g/mol. The van der Waals surface area contributed by atoms with Crippen molar-refractivity contribution in [1.29, 1.82) is 0 Å². The summed E-state index contributed by atoms with van der Waals surface area (Å²) in [6.07, 6.45) is 1.89. The number of carbonyl (C=O) groups is 1. The molecule has 3 heterocycles. The third-order valence-corrected chi connectivity index (χ3v) is 7.26. The minimum absolute atomic E-state index is 0.0649. The summed E-state index contributed by atoms with van der Waals surface area (Å²) in [5, 5.41) is 0. The largest absolute Gasteiger partial charge is 0.454 e. The number of nitrogens with zero attached hydrogens (tertiary/aromatic N) is 2. The van der Waals surface area contributed by atoms with Crippen molar-refractivity contribution < 1.29 is 22.7 Å². The molecule has 2 aromatic rings. The molecule has 4 rings (SSSR count). The molecule has 9 heteroatoms. The van der Waals surface area contributed by atoms with Gasteiger partial charge in [0.1, 0.15) is 4.90 Å². The Bertz CT molecular complexity index is 1070. The quantitative estimate of drug-likeness (QED) is 0.802. The number of hydrogen-bond donors (Lipinski definition) is 1. The summed E-state index contributed by atoms with van der Waals surface area (Å²) in [5.74, 6) is 1.02. The van der Waals surface area contributed by atoms with Gasteiger partial charge in [0.2, 0.25) is 16.8 Å². The van der Waals surface area contributed by atoms with Crippen LogP contribution in [-0.4, -0.2) is 43.7 Å². The van der Waals surface area contributed by atoms with E-state index in [4.69, 9.17) is 9.47 Å². The van der Waals surface area contributed by atoms with Crippen LogP contribution in [0.5, 0.6) is 11.5 Å². The number of aromatic nitrogens is 1. The van der Waals surface area contributed by atoms with Crippen molar-refractivity contribution in [3.8, 4) is 11.5 Å². The zero-order chi connectivity index (χ0) is 20.8. The molecule has 2 aliphatic heterocycles. The summed E-state index contributed by atoms with van der Waals surface area (Å²) < 4.78 is 41.5. The molecule has 1 N–H and O–H groups in total. The van der Waals surface area contributed by atoms with E-state index in [1.165, 1.54) is 0 Å². The summed E-state index contributed by atoms with van der Waals surface area (Å²) >= 11 is 0. The van der Waals surface area contributed by atoms with Crippen LogP contribution in [-0.2, 0) is 23.6 Å². The number of sulfonamides is 1. The maximum absolute atomic E-state index is 13.2. The summed E-state index contributed by atoms with van der Waals surface area (Å²) in [7, 11) is -2.12. The van der Waals surface area contributed by atoms with Gasteiger partial charge in [0.15, 0.2) is 11.5 Å². The molecule has 0 aliphatic carbocycles. The lowest BCUT2D eigenvalue weighted by Gasteiger charge is -2.17. The molecule has 0 saturated carbocycles. The highest BCUT2D eigenvalue weighted by Crippen LogP contribution is 2.33. The van der Waals surface area contributed by atoms with Crippen molar-refractivity contribution in [2.45, 2.75) is 38.1 Å². The number of rotatable bonds is 5. The maximum atomic E-state index is 13.2. The van der Waals surface area contributed by atoms with Gasteiger partial charge < -0.3 is 18.9 Å². The summed E-state index contributed by atoms with van der Waals surface area (Å²) in [5.41, 5.74) is 2.21. The molecule has 0 spiro atoms. The highest BCUT2D eigenvalue weighted by atomic mass is 32.2. The second-order valence-electron chi connectivity index (χ2n) is 7.45. The molecule has 8 nitrogen and oxygen atoms in total. The molecule has 2 aliphatic rings. The fraction of sp³-hybridized carbons (Fsp3) is 0.450. The van der Waals surface area contributed by atoms with Crippen molar-refractivity contribution in [2.24, 2.45) is 7.05 Å². The van der Waals surface area contributed by atoms with Gasteiger partial charge in [-0.3, -0.25) is 4.79 Å². The van der Waals surface area contributed by atoms with Gasteiger partial charge in [0.05, 0.1) is 5.56 Å². The molecule has 156 valence electrons. The summed E-state index contributed by atoms with van der Waals surface area (Å²) in [6.45, 7) is 5.08. The Labute approximate surface area is 170 Å². The lowest BCUT2D eigenvalue weighted by molar-refractivity contribution is 0.0788. The molecule has 0 atom stereocenters. The monoisotopic (exact) mass is 419 g/mol. The van der Waals surface area contributed by atoms with Crippen molar-refractivity contribution in [3.05, 3.63) is 40.7 Å². The van der Waals surface area contributed by atoms with E-state index in [1.807, 2.05) is 0 Å².